The van der Waals surface area contributed by atoms with Gasteiger partial charge in [0.05, 0.1) is 0 Å². The van der Waals surface area contributed by atoms with Gasteiger partial charge in [0, 0.05) is 5.92 Å². The van der Waals surface area contributed by atoms with Crippen LogP contribution in [0.15, 0.2) is 0 Å². The van der Waals surface area contributed by atoms with E-state index in [0.717, 1.165) is 19.3 Å². The highest BCUT2D eigenvalue weighted by Gasteiger charge is 2.31. The van der Waals surface area contributed by atoms with E-state index in [-0.39, 0.29) is 11.8 Å². The topological polar surface area (TPSA) is 81.1 Å². The first-order valence-corrected chi connectivity index (χ1v) is 4.00. The first-order valence-electron chi connectivity index (χ1n) is 4.00. The van der Waals surface area contributed by atoms with Crippen molar-refractivity contribution in [2.45, 2.75) is 19.3 Å². The molecule has 0 aromatic rings. The van der Waals surface area contributed by atoms with Crippen LogP contribution in [0.5, 0.6) is 0 Å². The smallest absolute Gasteiger partial charge is 0.237 e. The number of nitrogens with one attached hydrogen (secondary N) is 1. The van der Waals surface area contributed by atoms with Gasteiger partial charge < -0.3 is 5.73 Å². The van der Waals surface area contributed by atoms with Gasteiger partial charge in [0.1, 0.15) is 0 Å². The van der Waals surface area contributed by atoms with Gasteiger partial charge in [0.25, 0.3) is 0 Å². The van der Waals surface area contributed by atoms with Gasteiger partial charge in [-0.15, -0.1) is 0 Å². The van der Waals surface area contributed by atoms with Gasteiger partial charge in [-0.3, -0.25) is 10.2 Å². The molecule has 11 heavy (non-hydrogen) atoms. The largest absolute Gasteiger partial charge is 0.330 e. The number of nitrogens with two attached hydrogens (primary N) is 2. The summed E-state index contributed by atoms with van der Waals surface area (Å²) < 4.78 is 0. The Morgan fingerprint density at radius 1 is 1.55 bits per heavy atom. The number of carbonyl (C=O) groups excluding carboxylic acids is 1. The molecule has 0 aromatic heterocycles. The molecule has 0 saturated heterocycles. The zero-order chi connectivity index (χ0) is 8.27. The van der Waals surface area contributed by atoms with E-state index in [1.54, 1.807) is 0 Å². The quantitative estimate of drug-likeness (QED) is 0.283. The van der Waals surface area contributed by atoms with Crippen molar-refractivity contribution in [1.82, 2.24) is 5.43 Å². The summed E-state index contributed by atoms with van der Waals surface area (Å²) in [6.07, 6.45) is 3.10. The highest BCUT2D eigenvalue weighted by molar-refractivity contribution is 5.78. The van der Waals surface area contributed by atoms with Gasteiger partial charge in [-0.2, -0.15) is 0 Å². The summed E-state index contributed by atoms with van der Waals surface area (Å²) in [4.78, 5) is 11.1. The molecular formula is C7H15N3O. The molecule has 5 N–H and O–H groups in total. The second-order valence-corrected chi connectivity index (χ2v) is 3.04. The molecular weight excluding hydrogens is 142 g/mol. The molecule has 0 heterocycles. The Hall–Kier alpha value is -0.610. The third-order valence-electron chi connectivity index (χ3n) is 2.44. The van der Waals surface area contributed by atoms with Crippen LogP contribution in [0.4, 0.5) is 0 Å². The Balaban J connectivity index is 2.49. The highest BCUT2D eigenvalue weighted by Crippen LogP contribution is 2.30. The van der Waals surface area contributed by atoms with Crippen LogP contribution in [0, 0.1) is 11.8 Å². The van der Waals surface area contributed by atoms with Crippen LogP contribution in [0.25, 0.3) is 0 Å². The SMILES string of the molecule is NCC1CCCC1C(=O)NN. The maximum Gasteiger partial charge on any atom is 0.237 e. The van der Waals surface area contributed by atoms with Gasteiger partial charge >= 0.3 is 0 Å². The molecule has 4 nitrogen and oxygen atoms in total. The van der Waals surface area contributed by atoms with Crippen molar-refractivity contribution in [3.05, 3.63) is 0 Å². The van der Waals surface area contributed by atoms with E-state index < -0.39 is 0 Å². The second-order valence-electron chi connectivity index (χ2n) is 3.04. The Kier molecular flexibility index (Phi) is 2.84. The lowest BCUT2D eigenvalue weighted by molar-refractivity contribution is -0.126. The molecule has 2 atom stereocenters. The number of hydrazine groups is 1. The Bertz CT molecular complexity index is 149. The van der Waals surface area contributed by atoms with Crippen molar-refractivity contribution < 1.29 is 4.79 Å². The van der Waals surface area contributed by atoms with Gasteiger partial charge in [-0.1, -0.05) is 6.42 Å². The number of hydrogen-bond donors (Lipinski definition) is 3. The predicted octanol–water partition coefficient (Wildman–Crippen LogP) is -0.649. The summed E-state index contributed by atoms with van der Waals surface area (Å²) in [5, 5.41) is 0. The average molecular weight is 157 g/mol. The highest BCUT2D eigenvalue weighted by atomic mass is 16.2. The van der Waals surface area contributed by atoms with Crippen LogP contribution in [0.3, 0.4) is 0 Å². The van der Waals surface area contributed by atoms with Crippen LogP contribution in [0.1, 0.15) is 19.3 Å². The fourth-order valence-corrected chi connectivity index (χ4v) is 1.77. The van der Waals surface area contributed by atoms with Crippen LogP contribution >= 0.6 is 0 Å². The van der Waals surface area contributed by atoms with Crippen molar-refractivity contribution in [2.24, 2.45) is 23.4 Å². The van der Waals surface area contributed by atoms with Crippen molar-refractivity contribution in [3.63, 3.8) is 0 Å². The first-order chi connectivity index (χ1) is 5.29. The Morgan fingerprint density at radius 3 is 2.82 bits per heavy atom. The van der Waals surface area contributed by atoms with E-state index in [9.17, 15) is 4.79 Å². The van der Waals surface area contributed by atoms with Crippen molar-refractivity contribution in [2.75, 3.05) is 6.54 Å². The predicted molar refractivity (Wildman–Crippen MR) is 42.2 cm³/mol. The monoisotopic (exact) mass is 157 g/mol. The lowest BCUT2D eigenvalue weighted by atomic mass is 9.96. The fraction of sp³-hybridized carbons (Fsp3) is 0.857. The van der Waals surface area contributed by atoms with E-state index in [1.165, 1.54) is 0 Å². The van der Waals surface area contributed by atoms with Crippen molar-refractivity contribution in [3.8, 4) is 0 Å². The summed E-state index contributed by atoms with van der Waals surface area (Å²) in [5.41, 5.74) is 7.67. The summed E-state index contributed by atoms with van der Waals surface area (Å²) in [7, 11) is 0. The summed E-state index contributed by atoms with van der Waals surface area (Å²) in [5.74, 6) is 5.38. The minimum atomic E-state index is -0.0575. The number of rotatable bonds is 2. The van der Waals surface area contributed by atoms with Crippen LogP contribution in [-0.2, 0) is 4.79 Å². The zero-order valence-electron chi connectivity index (χ0n) is 6.55. The number of hydrogen-bond acceptors (Lipinski definition) is 3. The molecule has 1 amide bonds. The van der Waals surface area contributed by atoms with E-state index in [4.69, 9.17) is 11.6 Å². The minimum absolute atomic E-state index is 0.0575. The van der Waals surface area contributed by atoms with E-state index in [2.05, 4.69) is 5.43 Å². The molecule has 2 unspecified atom stereocenters. The van der Waals surface area contributed by atoms with Crippen LogP contribution in [0.2, 0.25) is 0 Å². The molecule has 0 spiro atoms. The third kappa shape index (κ3) is 1.70. The fourth-order valence-electron chi connectivity index (χ4n) is 1.77. The molecule has 0 aliphatic heterocycles. The maximum absolute atomic E-state index is 11.1. The maximum atomic E-state index is 11.1. The van der Waals surface area contributed by atoms with Crippen molar-refractivity contribution >= 4 is 5.91 Å². The van der Waals surface area contributed by atoms with Gasteiger partial charge in [-0.05, 0) is 25.3 Å². The van der Waals surface area contributed by atoms with Gasteiger partial charge in [-0.25, -0.2) is 5.84 Å². The standard InChI is InChI=1S/C7H15N3O/c8-4-5-2-1-3-6(5)7(11)10-9/h5-6H,1-4,8-9H2,(H,10,11). The Morgan fingerprint density at radius 2 is 2.27 bits per heavy atom. The molecule has 1 aliphatic rings. The van der Waals surface area contributed by atoms with E-state index in [1.807, 2.05) is 0 Å². The zero-order valence-corrected chi connectivity index (χ0v) is 6.55. The van der Waals surface area contributed by atoms with E-state index >= 15 is 0 Å². The molecule has 1 fully saturated rings. The minimum Gasteiger partial charge on any atom is -0.330 e. The number of carbonyl (C=O) groups is 1. The molecule has 64 valence electrons. The number of amides is 1. The molecule has 0 bridgehead atoms. The van der Waals surface area contributed by atoms with Crippen LogP contribution < -0.4 is 17.0 Å². The summed E-state index contributed by atoms with van der Waals surface area (Å²) in [6.45, 7) is 0.595. The first kappa shape index (κ1) is 8.49. The summed E-state index contributed by atoms with van der Waals surface area (Å²) in [6, 6.07) is 0. The second kappa shape index (κ2) is 3.69. The molecule has 4 heteroatoms. The van der Waals surface area contributed by atoms with E-state index in [0.29, 0.717) is 12.5 Å². The lowest BCUT2D eigenvalue weighted by Gasteiger charge is -2.14. The van der Waals surface area contributed by atoms with Crippen LogP contribution in [-0.4, -0.2) is 12.5 Å². The molecule has 1 saturated carbocycles. The lowest BCUT2D eigenvalue weighted by Crippen LogP contribution is -2.38. The molecule has 1 rings (SSSR count). The average Bonchev–Trinajstić information content (AvgIpc) is 2.50. The Labute approximate surface area is 66.3 Å². The van der Waals surface area contributed by atoms with Crippen molar-refractivity contribution in [1.29, 1.82) is 0 Å². The third-order valence-corrected chi connectivity index (χ3v) is 2.44. The molecule has 1 aliphatic carbocycles. The van der Waals surface area contributed by atoms with Gasteiger partial charge in [0.15, 0.2) is 0 Å². The van der Waals surface area contributed by atoms with Gasteiger partial charge in [0.2, 0.25) is 5.91 Å². The normalized spacial score (nSPS) is 30.4. The molecule has 0 aromatic carbocycles. The molecule has 0 radical (unpaired) electrons. The summed E-state index contributed by atoms with van der Waals surface area (Å²) >= 11 is 0.